The van der Waals surface area contributed by atoms with Crippen molar-refractivity contribution in [3.8, 4) is 0 Å². The molecule has 0 radical (unpaired) electrons. The topological polar surface area (TPSA) is 111 Å². The Labute approximate surface area is 539 Å². The highest BCUT2D eigenvalue weighted by atomic mass is 16.7. The molecule has 0 aliphatic rings. The van der Waals surface area contributed by atoms with Gasteiger partial charge in [-0.2, -0.15) is 0 Å². The zero-order valence-electron chi connectivity index (χ0n) is 58.2. The highest BCUT2D eigenvalue weighted by molar-refractivity contribution is 5.70. The van der Waals surface area contributed by atoms with Gasteiger partial charge in [-0.15, -0.1) is 0 Å². The van der Waals surface area contributed by atoms with E-state index in [1.165, 1.54) is 263 Å². The zero-order valence-corrected chi connectivity index (χ0v) is 58.2. The Bertz CT molecular complexity index is 1610. The molecule has 9 nitrogen and oxygen atoms in total. The number of aliphatic carboxylic acids is 1. The molecule has 2 atom stereocenters. The van der Waals surface area contributed by atoms with Gasteiger partial charge in [0, 0.05) is 12.8 Å². The third-order valence-electron chi connectivity index (χ3n) is 16.7. The van der Waals surface area contributed by atoms with Crippen LogP contribution >= 0.6 is 0 Å². The number of hydrogen-bond acceptors (Lipinski definition) is 8. The lowest BCUT2D eigenvalue weighted by atomic mass is 10.0. The van der Waals surface area contributed by atoms with Crippen LogP contribution in [-0.2, 0) is 33.3 Å². The molecule has 0 amide bonds. The lowest BCUT2D eigenvalue weighted by Gasteiger charge is -2.26. The summed E-state index contributed by atoms with van der Waals surface area (Å²) in [5.74, 6) is -2.27. The molecular weight excluding hydrogens is 1080 g/mol. The van der Waals surface area contributed by atoms with Gasteiger partial charge in [0.1, 0.15) is 13.2 Å². The SMILES string of the molecule is CCCCCCC/C=C\C/C=C\C/C=C\CCCCCCCCCCC(=O)OC(COC(=O)CCCCCCCCCCCCCCCCCCCCCCCCCCCCC/C=C\C/C=C\CCCCCCC)COC(OCC[N+](C)(C)C)C(=O)[O-]. The van der Waals surface area contributed by atoms with E-state index >= 15 is 0 Å². The molecule has 0 fully saturated rings. The summed E-state index contributed by atoms with van der Waals surface area (Å²) in [4.78, 5) is 37.5. The van der Waals surface area contributed by atoms with Crippen molar-refractivity contribution >= 4 is 17.9 Å². The summed E-state index contributed by atoms with van der Waals surface area (Å²) in [5, 5.41) is 11.8. The molecule has 0 N–H and O–H groups in total. The second-order valence-corrected chi connectivity index (χ2v) is 26.6. The number of rotatable bonds is 70. The number of quaternary nitrogens is 1. The van der Waals surface area contributed by atoms with E-state index in [4.69, 9.17) is 18.9 Å². The Hall–Kier alpha value is -3.01. The molecule has 0 aromatic carbocycles. The first-order valence-electron chi connectivity index (χ1n) is 37.4. The van der Waals surface area contributed by atoms with Crippen LogP contribution in [0.25, 0.3) is 0 Å². The maximum atomic E-state index is 12.9. The molecule has 0 rings (SSSR count). The molecule has 9 heteroatoms. The Balaban J connectivity index is 3.98. The predicted octanol–water partition coefficient (Wildman–Crippen LogP) is 22.1. The first-order chi connectivity index (χ1) is 42.6. The van der Waals surface area contributed by atoms with Crippen LogP contribution in [0.4, 0.5) is 0 Å². The first-order valence-corrected chi connectivity index (χ1v) is 37.4. The minimum absolute atomic E-state index is 0.146. The van der Waals surface area contributed by atoms with E-state index in [0.717, 1.165) is 64.2 Å². The summed E-state index contributed by atoms with van der Waals surface area (Å²) in [6.07, 6.45) is 87.6. The van der Waals surface area contributed by atoms with Crippen LogP contribution in [0.15, 0.2) is 60.8 Å². The highest BCUT2D eigenvalue weighted by Gasteiger charge is 2.22. The number of carbonyl (C=O) groups is 3. The van der Waals surface area contributed by atoms with Crippen molar-refractivity contribution in [2.24, 2.45) is 0 Å². The second kappa shape index (κ2) is 68.9. The molecule has 0 bridgehead atoms. The molecule has 508 valence electrons. The fraction of sp³-hybridized carbons (Fsp3) is 0.833. The van der Waals surface area contributed by atoms with E-state index in [1.807, 2.05) is 21.1 Å². The lowest BCUT2D eigenvalue weighted by Crippen LogP contribution is -2.44. The van der Waals surface area contributed by atoms with Crippen LogP contribution in [0, 0.1) is 0 Å². The summed E-state index contributed by atoms with van der Waals surface area (Å²) in [6.45, 7) is 4.77. The fourth-order valence-corrected chi connectivity index (χ4v) is 11.0. The van der Waals surface area contributed by atoms with Crippen molar-refractivity contribution in [3.05, 3.63) is 60.8 Å². The van der Waals surface area contributed by atoms with Gasteiger partial charge in [0.05, 0.1) is 40.3 Å². The molecular formula is C78H143NO8. The Morgan fingerprint density at radius 2 is 0.621 bits per heavy atom. The maximum absolute atomic E-state index is 12.9. The van der Waals surface area contributed by atoms with E-state index < -0.39 is 24.3 Å². The van der Waals surface area contributed by atoms with Crippen LogP contribution in [0.3, 0.4) is 0 Å². The zero-order chi connectivity index (χ0) is 63.3. The quantitative estimate of drug-likeness (QED) is 0.0195. The van der Waals surface area contributed by atoms with E-state index in [0.29, 0.717) is 23.9 Å². The highest BCUT2D eigenvalue weighted by Crippen LogP contribution is 2.19. The van der Waals surface area contributed by atoms with E-state index in [2.05, 4.69) is 74.6 Å². The van der Waals surface area contributed by atoms with Gasteiger partial charge in [0.25, 0.3) is 0 Å². The molecule has 0 aliphatic heterocycles. The number of carbonyl (C=O) groups excluding carboxylic acids is 3. The lowest BCUT2D eigenvalue weighted by molar-refractivity contribution is -0.870. The van der Waals surface area contributed by atoms with Crippen molar-refractivity contribution in [1.82, 2.24) is 0 Å². The number of likely N-dealkylation sites (N-methyl/N-ethyl adjacent to an activating group) is 1. The summed E-state index contributed by atoms with van der Waals surface area (Å²) in [5.41, 5.74) is 0. The Morgan fingerprint density at radius 1 is 0.345 bits per heavy atom. The van der Waals surface area contributed by atoms with Crippen molar-refractivity contribution < 1.29 is 42.9 Å². The molecule has 2 unspecified atom stereocenters. The molecule has 0 saturated heterocycles. The number of allylic oxidation sites excluding steroid dienone is 10. The smallest absolute Gasteiger partial charge is 0.306 e. The first kappa shape index (κ1) is 84.0. The number of ether oxygens (including phenoxy) is 4. The van der Waals surface area contributed by atoms with Gasteiger partial charge < -0.3 is 33.3 Å². The van der Waals surface area contributed by atoms with E-state index in [9.17, 15) is 19.5 Å². The number of carboxylic acids is 1. The minimum Gasteiger partial charge on any atom is -0.545 e. The average Bonchev–Trinajstić information content (AvgIpc) is 3.50. The third-order valence-corrected chi connectivity index (χ3v) is 16.7. The molecule has 0 saturated carbocycles. The van der Waals surface area contributed by atoms with Crippen molar-refractivity contribution in [1.29, 1.82) is 0 Å². The summed E-state index contributed by atoms with van der Waals surface area (Å²) < 4.78 is 22.8. The van der Waals surface area contributed by atoms with Crippen molar-refractivity contribution in [2.45, 2.75) is 373 Å². The van der Waals surface area contributed by atoms with Gasteiger partial charge in [0.15, 0.2) is 12.4 Å². The van der Waals surface area contributed by atoms with Crippen LogP contribution in [0.5, 0.6) is 0 Å². The number of esters is 2. The van der Waals surface area contributed by atoms with Crippen LogP contribution in [0.1, 0.15) is 361 Å². The van der Waals surface area contributed by atoms with Crippen LogP contribution in [-0.4, -0.2) is 82.3 Å². The molecule has 0 aromatic rings. The number of hydrogen-bond donors (Lipinski definition) is 0. The molecule has 87 heavy (non-hydrogen) atoms. The van der Waals surface area contributed by atoms with Gasteiger partial charge in [-0.3, -0.25) is 9.59 Å². The molecule has 0 spiro atoms. The van der Waals surface area contributed by atoms with Gasteiger partial charge in [-0.1, -0.05) is 325 Å². The summed E-state index contributed by atoms with van der Waals surface area (Å²) in [6, 6.07) is 0. The Kier molecular flexibility index (Phi) is 66.5. The number of unbranched alkanes of at least 4 members (excludes halogenated alkanes) is 45. The van der Waals surface area contributed by atoms with Gasteiger partial charge in [-0.05, 0) is 83.5 Å². The van der Waals surface area contributed by atoms with Crippen molar-refractivity contribution in [2.75, 3.05) is 47.5 Å². The third kappa shape index (κ3) is 70.3. The molecule has 0 heterocycles. The van der Waals surface area contributed by atoms with Crippen LogP contribution in [0.2, 0.25) is 0 Å². The summed E-state index contributed by atoms with van der Waals surface area (Å²) in [7, 11) is 5.94. The average molecular weight is 1220 g/mol. The minimum atomic E-state index is -1.62. The van der Waals surface area contributed by atoms with E-state index in [1.54, 1.807) is 0 Å². The molecule has 0 aliphatic carbocycles. The Morgan fingerprint density at radius 3 is 0.920 bits per heavy atom. The predicted molar refractivity (Wildman–Crippen MR) is 371 cm³/mol. The maximum Gasteiger partial charge on any atom is 0.306 e. The monoisotopic (exact) mass is 1220 g/mol. The normalized spacial score (nSPS) is 13.0. The summed E-state index contributed by atoms with van der Waals surface area (Å²) >= 11 is 0. The molecule has 0 aromatic heterocycles. The van der Waals surface area contributed by atoms with Gasteiger partial charge >= 0.3 is 11.9 Å². The van der Waals surface area contributed by atoms with E-state index in [-0.39, 0.29) is 32.2 Å². The number of carboxylic acid groups (broad SMARTS) is 1. The second-order valence-electron chi connectivity index (χ2n) is 26.6. The largest absolute Gasteiger partial charge is 0.545 e. The fourth-order valence-electron chi connectivity index (χ4n) is 11.0. The van der Waals surface area contributed by atoms with Gasteiger partial charge in [0.2, 0.25) is 0 Å². The van der Waals surface area contributed by atoms with Gasteiger partial charge in [-0.25, -0.2) is 0 Å². The standard InChI is InChI=1S/C78H143NO8/c1-6-8-10-12-14-16-18-20-22-24-26-28-30-31-32-33-34-35-36-37-38-39-40-41-42-43-44-45-47-48-50-52-54-56-58-60-62-64-66-68-75(80)85-72-74(73-86-78(77(82)83)84-71-70-79(3,4)5)87-76(81)69-67-65-63-61-59-57-55-53-51-49-46-29-27-25-23-21-19-17-15-13-11-9-7-2/h18-21,24-27,46,49,74,78H,6-17,22-23,28-45,47-48,50-73H2,1-5H3/b20-18-,21-19-,26-24-,27-25-,49-46-. The van der Waals surface area contributed by atoms with Crippen molar-refractivity contribution in [3.63, 3.8) is 0 Å². The number of nitrogens with zero attached hydrogens (tertiary/aromatic N) is 1. The van der Waals surface area contributed by atoms with Crippen LogP contribution < -0.4 is 5.11 Å².